The summed E-state index contributed by atoms with van der Waals surface area (Å²) in [5.74, 6) is -1.78. The number of anilines is 2. The van der Waals surface area contributed by atoms with Gasteiger partial charge in [0.25, 0.3) is 5.91 Å². The Labute approximate surface area is 122 Å². The first-order valence-corrected chi connectivity index (χ1v) is 6.41. The third kappa shape index (κ3) is 2.93. The maximum atomic E-state index is 13.7. The van der Waals surface area contributed by atoms with E-state index in [2.05, 4.69) is 31.5 Å². The van der Waals surface area contributed by atoms with E-state index in [0.717, 1.165) is 6.07 Å². The summed E-state index contributed by atoms with van der Waals surface area (Å²) in [4.78, 5) is 16.1. The number of carbonyl (C=O) groups excluding carboxylic acids is 1. The van der Waals surface area contributed by atoms with Crippen LogP contribution in [0.1, 0.15) is 10.4 Å². The second-order valence-electron chi connectivity index (χ2n) is 3.85. The van der Waals surface area contributed by atoms with Crippen molar-refractivity contribution in [1.29, 1.82) is 0 Å². The highest BCUT2D eigenvalue weighted by atomic mass is 79.9. The van der Waals surface area contributed by atoms with E-state index in [-0.39, 0.29) is 15.7 Å². The molecule has 1 aromatic heterocycles. The lowest BCUT2D eigenvalue weighted by Crippen LogP contribution is -2.16. The Bertz CT molecular complexity index is 641. The van der Waals surface area contributed by atoms with Gasteiger partial charge in [-0.05, 0) is 34.1 Å². The molecular formula is C13H10BrF2N3O. The van der Waals surface area contributed by atoms with E-state index in [1.165, 1.54) is 6.20 Å². The highest BCUT2D eigenvalue weighted by molar-refractivity contribution is 9.10. The highest BCUT2D eigenvalue weighted by Crippen LogP contribution is 2.27. The molecule has 4 nitrogen and oxygen atoms in total. The lowest BCUT2D eigenvalue weighted by atomic mass is 10.2. The van der Waals surface area contributed by atoms with Crippen LogP contribution < -0.4 is 10.6 Å². The Kier molecular flexibility index (Phi) is 4.29. The van der Waals surface area contributed by atoms with Gasteiger partial charge in [0.1, 0.15) is 11.6 Å². The molecule has 7 heteroatoms. The van der Waals surface area contributed by atoms with Crippen LogP contribution in [0.2, 0.25) is 0 Å². The molecule has 2 aromatic rings. The summed E-state index contributed by atoms with van der Waals surface area (Å²) >= 11 is 3.01. The van der Waals surface area contributed by atoms with Crippen molar-refractivity contribution in [3.05, 3.63) is 52.1 Å². The Hall–Kier alpha value is -2.02. The number of nitrogens with one attached hydrogen (secondary N) is 2. The van der Waals surface area contributed by atoms with E-state index in [1.807, 2.05) is 0 Å². The number of halogens is 3. The molecule has 0 fully saturated rings. The van der Waals surface area contributed by atoms with Crippen LogP contribution in [0.25, 0.3) is 0 Å². The predicted octanol–water partition coefficient (Wildman–Crippen LogP) is 3.42. The average Bonchev–Trinajstić information content (AvgIpc) is 2.42. The Morgan fingerprint density at radius 2 is 2.10 bits per heavy atom. The summed E-state index contributed by atoms with van der Waals surface area (Å²) in [5.41, 5.74) is 0.132. The summed E-state index contributed by atoms with van der Waals surface area (Å²) in [5, 5.41) is 5.15. The van der Waals surface area contributed by atoms with Crippen LogP contribution in [0.15, 0.2) is 34.9 Å². The Morgan fingerprint density at radius 1 is 1.35 bits per heavy atom. The van der Waals surface area contributed by atoms with Crippen molar-refractivity contribution in [2.75, 3.05) is 17.7 Å². The summed E-state index contributed by atoms with van der Waals surface area (Å²) in [6.45, 7) is 0. The van der Waals surface area contributed by atoms with Crippen LogP contribution in [0.4, 0.5) is 20.3 Å². The zero-order valence-electron chi connectivity index (χ0n) is 10.4. The number of rotatable bonds is 3. The molecule has 1 amide bonds. The normalized spacial score (nSPS) is 10.2. The fraction of sp³-hybridized carbons (Fsp3) is 0.0769. The molecule has 0 aliphatic rings. The van der Waals surface area contributed by atoms with Gasteiger partial charge in [0.2, 0.25) is 0 Å². The number of benzene rings is 1. The van der Waals surface area contributed by atoms with Crippen molar-refractivity contribution < 1.29 is 13.6 Å². The zero-order chi connectivity index (χ0) is 14.7. The molecule has 0 aliphatic carbocycles. The maximum absolute atomic E-state index is 13.7. The van der Waals surface area contributed by atoms with E-state index in [9.17, 15) is 13.6 Å². The number of amides is 1. The van der Waals surface area contributed by atoms with Crippen LogP contribution in [-0.2, 0) is 0 Å². The lowest BCUT2D eigenvalue weighted by Gasteiger charge is -2.11. The van der Waals surface area contributed by atoms with E-state index in [1.54, 1.807) is 19.2 Å². The Balaban J connectivity index is 2.33. The first kappa shape index (κ1) is 14.4. The van der Waals surface area contributed by atoms with Gasteiger partial charge in [-0.25, -0.2) is 13.8 Å². The van der Waals surface area contributed by atoms with Gasteiger partial charge in [0.15, 0.2) is 5.82 Å². The fourth-order valence-electron chi connectivity index (χ4n) is 1.63. The van der Waals surface area contributed by atoms with Gasteiger partial charge in [0, 0.05) is 23.8 Å². The molecule has 0 saturated carbocycles. The third-order valence-electron chi connectivity index (χ3n) is 2.53. The van der Waals surface area contributed by atoms with Crippen molar-refractivity contribution in [2.24, 2.45) is 0 Å². The summed E-state index contributed by atoms with van der Waals surface area (Å²) in [6.07, 6.45) is 1.52. The number of hydrogen-bond donors (Lipinski definition) is 2. The fourth-order valence-corrected chi connectivity index (χ4v) is 2.14. The van der Waals surface area contributed by atoms with Crippen molar-refractivity contribution in [2.45, 2.75) is 0 Å². The minimum Gasteiger partial charge on any atom is -0.372 e. The number of pyridine rings is 1. The molecule has 0 bridgehead atoms. The van der Waals surface area contributed by atoms with Gasteiger partial charge in [-0.15, -0.1) is 0 Å². The SMILES string of the molecule is CNc1ncccc1C(=O)Nc1c(F)cc(F)cc1Br. The quantitative estimate of drug-likeness (QED) is 0.899. The smallest absolute Gasteiger partial charge is 0.259 e. The van der Waals surface area contributed by atoms with Crippen LogP contribution >= 0.6 is 15.9 Å². The Morgan fingerprint density at radius 3 is 2.75 bits per heavy atom. The second kappa shape index (κ2) is 5.96. The van der Waals surface area contributed by atoms with E-state index in [4.69, 9.17) is 0 Å². The van der Waals surface area contributed by atoms with Crippen molar-refractivity contribution >= 4 is 33.3 Å². The summed E-state index contributed by atoms with van der Waals surface area (Å²) in [7, 11) is 1.62. The monoisotopic (exact) mass is 341 g/mol. The van der Waals surface area contributed by atoms with E-state index < -0.39 is 17.5 Å². The molecule has 104 valence electrons. The molecular weight excluding hydrogens is 332 g/mol. The molecule has 20 heavy (non-hydrogen) atoms. The van der Waals surface area contributed by atoms with Crippen LogP contribution in [-0.4, -0.2) is 17.9 Å². The lowest BCUT2D eigenvalue weighted by molar-refractivity contribution is 0.102. The van der Waals surface area contributed by atoms with Gasteiger partial charge in [0.05, 0.1) is 11.3 Å². The summed E-state index contributed by atoms with van der Waals surface area (Å²) < 4.78 is 26.8. The topological polar surface area (TPSA) is 54.0 Å². The van der Waals surface area contributed by atoms with Crippen LogP contribution in [0.3, 0.4) is 0 Å². The average molecular weight is 342 g/mol. The standard InChI is InChI=1S/C13H10BrF2N3O/c1-17-12-8(3-2-4-18-12)13(20)19-11-9(14)5-7(15)6-10(11)16/h2-6H,1H3,(H,17,18)(H,19,20). The molecule has 1 aromatic carbocycles. The number of aromatic nitrogens is 1. The van der Waals surface area contributed by atoms with Crippen LogP contribution in [0, 0.1) is 11.6 Å². The molecule has 0 unspecified atom stereocenters. The minimum atomic E-state index is -0.861. The van der Waals surface area contributed by atoms with Crippen molar-refractivity contribution in [1.82, 2.24) is 4.98 Å². The van der Waals surface area contributed by atoms with Gasteiger partial charge in [-0.2, -0.15) is 0 Å². The van der Waals surface area contributed by atoms with Gasteiger partial charge in [-0.3, -0.25) is 4.79 Å². The molecule has 0 aliphatic heterocycles. The predicted molar refractivity (Wildman–Crippen MR) is 75.8 cm³/mol. The number of carbonyl (C=O) groups is 1. The zero-order valence-corrected chi connectivity index (χ0v) is 12.0. The maximum Gasteiger partial charge on any atom is 0.259 e. The minimum absolute atomic E-state index is 0.123. The number of nitrogens with zero attached hydrogens (tertiary/aromatic N) is 1. The summed E-state index contributed by atoms with van der Waals surface area (Å²) in [6, 6.07) is 4.90. The molecule has 0 radical (unpaired) electrons. The van der Waals surface area contributed by atoms with E-state index >= 15 is 0 Å². The van der Waals surface area contributed by atoms with Crippen LogP contribution in [0.5, 0.6) is 0 Å². The van der Waals surface area contributed by atoms with Gasteiger partial charge in [-0.1, -0.05) is 0 Å². The second-order valence-corrected chi connectivity index (χ2v) is 4.70. The molecule has 0 atom stereocenters. The molecule has 2 N–H and O–H groups in total. The first-order valence-electron chi connectivity index (χ1n) is 5.61. The van der Waals surface area contributed by atoms with Gasteiger partial charge >= 0.3 is 0 Å². The van der Waals surface area contributed by atoms with E-state index in [0.29, 0.717) is 11.9 Å². The highest BCUT2D eigenvalue weighted by Gasteiger charge is 2.16. The molecule has 1 heterocycles. The first-order chi connectivity index (χ1) is 9.52. The molecule has 0 spiro atoms. The number of hydrogen-bond acceptors (Lipinski definition) is 3. The largest absolute Gasteiger partial charge is 0.372 e. The molecule has 0 saturated heterocycles. The molecule has 2 rings (SSSR count). The van der Waals surface area contributed by atoms with Crippen molar-refractivity contribution in [3.63, 3.8) is 0 Å². The van der Waals surface area contributed by atoms with Gasteiger partial charge < -0.3 is 10.6 Å². The third-order valence-corrected chi connectivity index (χ3v) is 3.16. The van der Waals surface area contributed by atoms with Crippen molar-refractivity contribution in [3.8, 4) is 0 Å².